The Morgan fingerprint density at radius 1 is 1.21 bits per heavy atom. The number of anilines is 1. The van der Waals surface area contributed by atoms with Gasteiger partial charge in [0.1, 0.15) is 0 Å². The zero-order chi connectivity index (χ0) is 23.2. The molecule has 1 atom stereocenters. The molecular weight excluding hydrogens is 420 g/mol. The number of hydrogen-bond donors (Lipinski definition) is 1. The molecule has 1 aliphatic rings. The third-order valence-electron chi connectivity index (χ3n) is 5.73. The third-order valence-corrected chi connectivity index (χ3v) is 5.73. The van der Waals surface area contributed by atoms with Gasteiger partial charge in [-0.2, -0.15) is 4.98 Å². The summed E-state index contributed by atoms with van der Waals surface area (Å²) in [5, 5.41) is 7.10. The second-order valence-electron chi connectivity index (χ2n) is 8.19. The summed E-state index contributed by atoms with van der Waals surface area (Å²) in [4.78, 5) is 31.5. The molecule has 1 unspecified atom stereocenters. The molecule has 1 amide bonds. The van der Waals surface area contributed by atoms with Gasteiger partial charge in [-0.25, -0.2) is 4.79 Å². The lowest BCUT2D eigenvalue weighted by molar-refractivity contribution is -0.121. The highest BCUT2D eigenvalue weighted by Gasteiger charge is 2.27. The fourth-order valence-corrected chi connectivity index (χ4v) is 4.01. The minimum absolute atomic E-state index is 0.0258. The van der Waals surface area contributed by atoms with Crippen LogP contribution in [0.15, 0.2) is 53.1 Å². The predicted molar refractivity (Wildman–Crippen MR) is 124 cm³/mol. The highest BCUT2D eigenvalue weighted by Crippen LogP contribution is 2.23. The zero-order valence-electron chi connectivity index (χ0n) is 18.9. The number of aromatic nitrogens is 2. The lowest BCUT2D eigenvalue weighted by atomic mass is 9.96. The van der Waals surface area contributed by atoms with Crippen molar-refractivity contribution in [2.45, 2.75) is 33.2 Å². The number of carbonyl (C=O) groups excluding carboxylic acids is 2. The van der Waals surface area contributed by atoms with Gasteiger partial charge in [0.25, 0.3) is 0 Å². The molecule has 3 aromatic rings. The minimum Gasteiger partial charge on any atom is -0.462 e. The molecule has 0 spiro atoms. The topological polar surface area (TPSA) is 97.6 Å². The molecule has 8 heteroatoms. The average Bonchev–Trinajstić information content (AvgIpc) is 3.29. The van der Waals surface area contributed by atoms with Gasteiger partial charge in [-0.3, -0.25) is 9.69 Å². The number of amides is 1. The Hall–Kier alpha value is -3.52. The van der Waals surface area contributed by atoms with Crippen LogP contribution in [-0.4, -0.2) is 46.6 Å². The number of rotatable bonds is 7. The number of nitrogens with one attached hydrogen (secondary N) is 1. The quantitative estimate of drug-likeness (QED) is 0.544. The maximum absolute atomic E-state index is 12.9. The molecule has 8 nitrogen and oxygen atoms in total. The molecule has 0 bridgehead atoms. The Morgan fingerprint density at radius 2 is 2.03 bits per heavy atom. The van der Waals surface area contributed by atoms with Gasteiger partial charge in [-0.05, 0) is 57.0 Å². The molecule has 172 valence electrons. The number of ether oxygens (including phenoxy) is 1. The standard InChI is InChI=1S/C25H28N4O4/c1-3-32-25(31)19-11-12-21(17(2)14-19)26-24(30)20-10-7-13-29(15-20)16-22-27-23(28-33-22)18-8-5-4-6-9-18/h4-6,8-9,11-12,14,20H,3,7,10,13,15-16H2,1-2H3,(H,26,30). The molecule has 1 fully saturated rings. The maximum atomic E-state index is 12.9. The molecule has 0 saturated carbocycles. The van der Waals surface area contributed by atoms with Crippen LogP contribution >= 0.6 is 0 Å². The SMILES string of the molecule is CCOC(=O)c1ccc(NC(=O)C2CCCN(Cc3nc(-c4ccccc4)no3)C2)c(C)c1. The van der Waals surface area contributed by atoms with Crippen molar-refractivity contribution in [3.8, 4) is 11.4 Å². The fraction of sp³-hybridized carbons (Fsp3) is 0.360. The van der Waals surface area contributed by atoms with E-state index in [-0.39, 0.29) is 17.8 Å². The molecule has 1 aromatic heterocycles. The number of piperidine rings is 1. The Morgan fingerprint density at radius 3 is 2.79 bits per heavy atom. The Balaban J connectivity index is 1.35. The smallest absolute Gasteiger partial charge is 0.338 e. The van der Waals surface area contributed by atoms with Crippen molar-refractivity contribution in [2.24, 2.45) is 5.92 Å². The van der Waals surface area contributed by atoms with Crippen LogP contribution in [0.4, 0.5) is 5.69 Å². The summed E-state index contributed by atoms with van der Waals surface area (Å²) in [6, 6.07) is 14.9. The van der Waals surface area contributed by atoms with E-state index in [2.05, 4.69) is 20.4 Å². The lowest BCUT2D eigenvalue weighted by Crippen LogP contribution is -2.40. The highest BCUT2D eigenvalue weighted by molar-refractivity contribution is 5.95. The van der Waals surface area contributed by atoms with Gasteiger partial charge in [0.15, 0.2) is 0 Å². The average molecular weight is 449 g/mol. The van der Waals surface area contributed by atoms with E-state index < -0.39 is 0 Å². The largest absolute Gasteiger partial charge is 0.462 e. The third kappa shape index (κ3) is 5.64. The number of nitrogens with zero attached hydrogens (tertiary/aromatic N) is 3. The first-order valence-corrected chi connectivity index (χ1v) is 11.2. The first-order chi connectivity index (χ1) is 16.0. The molecule has 0 radical (unpaired) electrons. The van der Waals surface area contributed by atoms with Crippen LogP contribution in [-0.2, 0) is 16.1 Å². The molecule has 33 heavy (non-hydrogen) atoms. The summed E-state index contributed by atoms with van der Waals surface area (Å²) in [5.41, 5.74) is 2.91. The van der Waals surface area contributed by atoms with Gasteiger partial charge >= 0.3 is 5.97 Å². The molecule has 1 aliphatic heterocycles. The van der Waals surface area contributed by atoms with Crippen molar-refractivity contribution in [1.82, 2.24) is 15.0 Å². The van der Waals surface area contributed by atoms with Crippen LogP contribution in [0, 0.1) is 12.8 Å². The second kappa shape index (κ2) is 10.4. The van der Waals surface area contributed by atoms with E-state index in [4.69, 9.17) is 9.26 Å². The number of aryl methyl sites for hydroxylation is 1. The second-order valence-corrected chi connectivity index (χ2v) is 8.19. The summed E-state index contributed by atoms with van der Waals surface area (Å²) in [5.74, 6) is 0.582. The first-order valence-electron chi connectivity index (χ1n) is 11.2. The summed E-state index contributed by atoms with van der Waals surface area (Å²) < 4.78 is 10.5. The molecule has 2 heterocycles. The Bertz CT molecular complexity index is 1110. The summed E-state index contributed by atoms with van der Waals surface area (Å²) in [7, 11) is 0. The monoisotopic (exact) mass is 448 g/mol. The van der Waals surface area contributed by atoms with Gasteiger partial charge < -0.3 is 14.6 Å². The normalized spacial score (nSPS) is 16.4. The Labute approximate surface area is 192 Å². The zero-order valence-corrected chi connectivity index (χ0v) is 18.9. The molecule has 4 rings (SSSR count). The van der Waals surface area contributed by atoms with Crippen molar-refractivity contribution >= 4 is 17.6 Å². The van der Waals surface area contributed by atoms with Gasteiger partial charge in [0.2, 0.25) is 17.6 Å². The van der Waals surface area contributed by atoms with E-state index in [0.717, 1.165) is 30.5 Å². The van der Waals surface area contributed by atoms with E-state index >= 15 is 0 Å². The van der Waals surface area contributed by atoms with Crippen molar-refractivity contribution in [3.63, 3.8) is 0 Å². The predicted octanol–water partition coefficient (Wildman–Crippen LogP) is 4.07. The summed E-state index contributed by atoms with van der Waals surface area (Å²) in [6.45, 7) is 5.97. The van der Waals surface area contributed by atoms with E-state index in [1.165, 1.54) is 0 Å². The van der Waals surface area contributed by atoms with Gasteiger partial charge in [-0.15, -0.1) is 0 Å². The highest BCUT2D eigenvalue weighted by atomic mass is 16.5. The van der Waals surface area contributed by atoms with Gasteiger partial charge in [-0.1, -0.05) is 35.5 Å². The van der Waals surface area contributed by atoms with E-state index in [1.807, 2.05) is 37.3 Å². The van der Waals surface area contributed by atoms with Crippen molar-refractivity contribution in [2.75, 3.05) is 25.0 Å². The number of benzene rings is 2. The molecule has 2 aromatic carbocycles. The number of carbonyl (C=O) groups is 2. The summed E-state index contributed by atoms with van der Waals surface area (Å²) in [6.07, 6.45) is 1.74. The number of likely N-dealkylation sites (tertiary alicyclic amines) is 1. The number of esters is 1. The van der Waals surface area contributed by atoms with Crippen LogP contribution in [0.1, 0.15) is 41.6 Å². The van der Waals surface area contributed by atoms with Crippen LogP contribution in [0.3, 0.4) is 0 Å². The molecule has 0 aliphatic carbocycles. The van der Waals surface area contributed by atoms with Crippen molar-refractivity contribution in [3.05, 3.63) is 65.5 Å². The molecular formula is C25H28N4O4. The molecule has 1 N–H and O–H groups in total. The lowest BCUT2D eigenvalue weighted by Gasteiger charge is -2.31. The maximum Gasteiger partial charge on any atom is 0.338 e. The van der Waals surface area contributed by atoms with Crippen molar-refractivity contribution < 1.29 is 18.8 Å². The van der Waals surface area contributed by atoms with Gasteiger partial charge in [0.05, 0.1) is 24.6 Å². The fourth-order valence-electron chi connectivity index (χ4n) is 4.01. The van der Waals surface area contributed by atoms with Crippen LogP contribution < -0.4 is 5.32 Å². The number of hydrogen-bond acceptors (Lipinski definition) is 7. The van der Waals surface area contributed by atoms with Crippen molar-refractivity contribution in [1.29, 1.82) is 0 Å². The van der Waals surface area contributed by atoms with Crippen LogP contribution in [0.25, 0.3) is 11.4 Å². The minimum atomic E-state index is -0.363. The van der Waals surface area contributed by atoms with Crippen LogP contribution in [0.2, 0.25) is 0 Å². The van der Waals surface area contributed by atoms with Crippen LogP contribution in [0.5, 0.6) is 0 Å². The Kier molecular flexibility index (Phi) is 7.14. The van der Waals surface area contributed by atoms with E-state index in [0.29, 0.717) is 42.7 Å². The first kappa shape index (κ1) is 22.7. The van der Waals surface area contributed by atoms with Gasteiger partial charge in [0, 0.05) is 17.8 Å². The summed E-state index contributed by atoms with van der Waals surface area (Å²) >= 11 is 0. The van der Waals surface area contributed by atoms with E-state index in [9.17, 15) is 9.59 Å². The van der Waals surface area contributed by atoms with E-state index in [1.54, 1.807) is 25.1 Å². The molecule has 1 saturated heterocycles.